The van der Waals surface area contributed by atoms with Crippen molar-refractivity contribution in [1.29, 1.82) is 0 Å². The molecule has 0 aromatic heterocycles. The van der Waals surface area contributed by atoms with Gasteiger partial charge in [-0.1, -0.05) is 17.7 Å². The number of carbonyl (C=O) groups excluding carboxylic acids is 1. The lowest BCUT2D eigenvalue weighted by molar-refractivity contribution is -0.132. The number of carbonyl (C=O) groups is 1. The Labute approximate surface area is 105 Å². The van der Waals surface area contributed by atoms with Gasteiger partial charge in [0, 0.05) is 30.7 Å². The molecule has 0 bridgehead atoms. The van der Waals surface area contributed by atoms with Gasteiger partial charge in [-0.25, -0.2) is 4.39 Å². The number of nitrogens with one attached hydrogen (secondary N) is 1. The van der Waals surface area contributed by atoms with E-state index in [0.717, 1.165) is 13.1 Å². The van der Waals surface area contributed by atoms with E-state index in [1.807, 2.05) is 0 Å². The van der Waals surface area contributed by atoms with Gasteiger partial charge in [-0.05, 0) is 12.1 Å². The van der Waals surface area contributed by atoms with Crippen LogP contribution in [0.3, 0.4) is 0 Å². The number of likely N-dealkylation sites (N-methyl/N-ethyl adjacent to an activating group) is 1. The third-order valence-corrected chi connectivity index (χ3v) is 3.44. The van der Waals surface area contributed by atoms with Gasteiger partial charge >= 0.3 is 0 Å². The summed E-state index contributed by atoms with van der Waals surface area (Å²) in [5.41, 5.74) is 0.276. The van der Waals surface area contributed by atoms with Crippen molar-refractivity contribution in [2.75, 3.05) is 20.1 Å². The summed E-state index contributed by atoms with van der Waals surface area (Å²) in [5, 5.41) is 3.39. The number of hydrogen-bond donors (Lipinski definition) is 1. The standard InChI is InChI=1S/C12H14ClFN2O/c1-16(8-6-15-7-8)12(17)5-9-10(13)3-2-4-11(9)14/h2-4,8,15H,5-7H2,1H3. The monoisotopic (exact) mass is 256 g/mol. The highest BCUT2D eigenvalue weighted by Crippen LogP contribution is 2.20. The fraction of sp³-hybridized carbons (Fsp3) is 0.417. The quantitative estimate of drug-likeness (QED) is 0.888. The van der Waals surface area contributed by atoms with Gasteiger partial charge in [0.05, 0.1) is 12.5 Å². The SMILES string of the molecule is CN(C(=O)Cc1c(F)cccc1Cl)C1CNC1. The van der Waals surface area contributed by atoms with Crippen molar-refractivity contribution in [1.82, 2.24) is 10.2 Å². The lowest BCUT2D eigenvalue weighted by Gasteiger charge is -2.35. The molecule has 5 heteroatoms. The van der Waals surface area contributed by atoms with E-state index in [1.54, 1.807) is 18.0 Å². The molecule has 1 aromatic rings. The molecule has 0 aliphatic carbocycles. The first kappa shape index (κ1) is 12.3. The van der Waals surface area contributed by atoms with E-state index in [1.165, 1.54) is 12.1 Å². The molecular weight excluding hydrogens is 243 g/mol. The molecule has 1 heterocycles. The van der Waals surface area contributed by atoms with Crippen molar-refractivity contribution in [3.63, 3.8) is 0 Å². The fourth-order valence-electron chi connectivity index (χ4n) is 1.73. The molecule has 3 nitrogen and oxygen atoms in total. The highest BCUT2D eigenvalue weighted by atomic mass is 35.5. The summed E-state index contributed by atoms with van der Waals surface area (Å²) in [6.07, 6.45) is 0.0124. The molecule has 92 valence electrons. The van der Waals surface area contributed by atoms with Crippen LogP contribution < -0.4 is 5.32 Å². The minimum Gasteiger partial charge on any atom is -0.340 e. The maximum atomic E-state index is 13.5. The summed E-state index contributed by atoms with van der Waals surface area (Å²) in [5.74, 6) is -0.533. The third-order valence-electron chi connectivity index (χ3n) is 3.09. The van der Waals surface area contributed by atoms with Gasteiger partial charge in [0.15, 0.2) is 0 Å². The topological polar surface area (TPSA) is 32.3 Å². The zero-order valence-corrected chi connectivity index (χ0v) is 10.3. The van der Waals surface area contributed by atoms with Crippen LogP contribution in [-0.4, -0.2) is 37.0 Å². The Morgan fingerprint density at radius 1 is 1.59 bits per heavy atom. The molecule has 1 fully saturated rings. The smallest absolute Gasteiger partial charge is 0.227 e. The largest absolute Gasteiger partial charge is 0.340 e. The van der Waals surface area contributed by atoms with Crippen molar-refractivity contribution in [2.45, 2.75) is 12.5 Å². The van der Waals surface area contributed by atoms with Crippen molar-refractivity contribution < 1.29 is 9.18 Å². The van der Waals surface area contributed by atoms with Gasteiger partial charge in [-0.2, -0.15) is 0 Å². The minimum atomic E-state index is -0.425. The lowest BCUT2D eigenvalue weighted by atomic mass is 10.1. The Hall–Kier alpha value is -1.13. The average Bonchev–Trinajstić information content (AvgIpc) is 2.21. The first-order valence-corrected chi connectivity index (χ1v) is 5.86. The summed E-state index contributed by atoms with van der Waals surface area (Å²) in [6, 6.07) is 4.66. The number of halogens is 2. The predicted octanol–water partition coefficient (Wildman–Crippen LogP) is 1.45. The second-order valence-electron chi connectivity index (χ2n) is 4.19. The van der Waals surface area contributed by atoms with Gasteiger partial charge in [-0.3, -0.25) is 4.79 Å². The molecule has 0 radical (unpaired) electrons. The van der Waals surface area contributed by atoms with E-state index < -0.39 is 5.82 Å². The van der Waals surface area contributed by atoms with Crippen LogP contribution in [0.5, 0.6) is 0 Å². The number of rotatable bonds is 3. The zero-order valence-electron chi connectivity index (χ0n) is 9.54. The van der Waals surface area contributed by atoms with Crippen LogP contribution >= 0.6 is 11.6 Å². The van der Waals surface area contributed by atoms with Crippen LogP contribution in [0.2, 0.25) is 5.02 Å². The Morgan fingerprint density at radius 2 is 2.29 bits per heavy atom. The van der Waals surface area contributed by atoms with Gasteiger partial charge in [-0.15, -0.1) is 0 Å². The second-order valence-corrected chi connectivity index (χ2v) is 4.60. The Bertz CT molecular complexity index is 414. The van der Waals surface area contributed by atoms with E-state index >= 15 is 0 Å². The van der Waals surface area contributed by atoms with Crippen LogP contribution in [0.15, 0.2) is 18.2 Å². The molecular formula is C12H14ClFN2O. The van der Waals surface area contributed by atoms with Crippen molar-refractivity contribution in [3.8, 4) is 0 Å². The molecule has 0 saturated carbocycles. The van der Waals surface area contributed by atoms with Crippen LogP contribution in [0.25, 0.3) is 0 Å². The van der Waals surface area contributed by atoms with Crippen LogP contribution in [0.4, 0.5) is 4.39 Å². The normalized spacial score (nSPS) is 15.5. The molecule has 1 N–H and O–H groups in total. The molecule has 1 aliphatic rings. The molecule has 2 rings (SSSR count). The van der Waals surface area contributed by atoms with Crippen LogP contribution in [-0.2, 0) is 11.2 Å². The van der Waals surface area contributed by atoms with E-state index in [2.05, 4.69) is 5.32 Å². The van der Waals surface area contributed by atoms with E-state index in [-0.39, 0.29) is 23.9 Å². The van der Waals surface area contributed by atoms with Crippen LogP contribution in [0, 0.1) is 5.82 Å². The van der Waals surface area contributed by atoms with Crippen molar-refractivity contribution in [3.05, 3.63) is 34.6 Å². The predicted molar refractivity (Wildman–Crippen MR) is 64.5 cm³/mol. The summed E-state index contributed by atoms with van der Waals surface area (Å²) in [4.78, 5) is 13.6. The number of benzene rings is 1. The lowest BCUT2D eigenvalue weighted by Crippen LogP contribution is -2.57. The maximum absolute atomic E-state index is 13.5. The van der Waals surface area contributed by atoms with E-state index in [9.17, 15) is 9.18 Å². The molecule has 0 unspecified atom stereocenters. The number of hydrogen-bond acceptors (Lipinski definition) is 2. The van der Waals surface area contributed by atoms with Gasteiger partial charge in [0.2, 0.25) is 5.91 Å². The molecule has 17 heavy (non-hydrogen) atoms. The summed E-state index contributed by atoms with van der Waals surface area (Å²) in [6.45, 7) is 1.60. The molecule has 1 amide bonds. The van der Waals surface area contributed by atoms with Crippen LogP contribution in [0.1, 0.15) is 5.56 Å². The molecule has 1 aliphatic heterocycles. The highest BCUT2D eigenvalue weighted by Gasteiger charge is 2.26. The summed E-state index contributed by atoms with van der Waals surface area (Å²) < 4.78 is 13.5. The molecule has 0 spiro atoms. The number of nitrogens with zero attached hydrogens (tertiary/aromatic N) is 1. The maximum Gasteiger partial charge on any atom is 0.227 e. The van der Waals surface area contributed by atoms with E-state index in [4.69, 9.17) is 11.6 Å². The minimum absolute atomic E-state index is 0.0124. The molecule has 0 atom stereocenters. The van der Waals surface area contributed by atoms with E-state index in [0.29, 0.717) is 5.02 Å². The average molecular weight is 257 g/mol. The second kappa shape index (κ2) is 5.02. The molecule has 1 aromatic carbocycles. The molecule has 1 saturated heterocycles. The first-order valence-electron chi connectivity index (χ1n) is 5.49. The van der Waals surface area contributed by atoms with Gasteiger partial charge in [0.1, 0.15) is 5.82 Å². The Balaban J connectivity index is 2.07. The third kappa shape index (κ3) is 2.58. The Kier molecular flexibility index (Phi) is 3.64. The van der Waals surface area contributed by atoms with Crippen molar-refractivity contribution >= 4 is 17.5 Å². The summed E-state index contributed by atoms with van der Waals surface area (Å²) >= 11 is 5.88. The highest BCUT2D eigenvalue weighted by molar-refractivity contribution is 6.31. The fourth-order valence-corrected chi connectivity index (χ4v) is 1.96. The summed E-state index contributed by atoms with van der Waals surface area (Å²) in [7, 11) is 1.74. The zero-order chi connectivity index (χ0) is 12.4. The number of amides is 1. The van der Waals surface area contributed by atoms with Crippen molar-refractivity contribution in [2.24, 2.45) is 0 Å². The Morgan fingerprint density at radius 3 is 2.82 bits per heavy atom. The first-order chi connectivity index (χ1) is 8.09. The van der Waals surface area contributed by atoms with Gasteiger partial charge < -0.3 is 10.2 Å². The van der Waals surface area contributed by atoms with Gasteiger partial charge in [0.25, 0.3) is 0 Å².